The summed E-state index contributed by atoms with van der Waals surface area (Å²) in [6, 6.07) is 7.82. The van der Waals surface area contributed by atoms with Crippen LogP contribution in [0, 0.1) is 11.3 Å². The van der Waals surface area contributed by atoms with Crippen LogP contribution in [0.15, 0.2) is 24.3 Å². The summed E-state index contributed by atoms with van der Waals surface area (Å²) in [6.07, 6.45) is 14.2. The third-order valence-corrected chi connectivity index (χ3v) is 6.42. The number of nitrogens with two attached hydrogens (primary N) is 1. The van der Waals surface area contributed by atoms with E-state index in [1.165, 1.54) is 56.9 Å². The summed E-state index contributed by atoms with van der Waals surface area (Å²) < 4.78 is 5.87. The minimum Gasteiger partial charge on any atom is -0.386 e. The summed E-state index contributed by atoms with van der Waals surface area (Å²) >= 11 is 0. The summed E-state index contributed by atoms with van der Waals surface area (Å²) in [5.74, 6) is 0.727. The van der Waals surface area contributed by atoms with Gasteiger partial charge in [0.05, 0.1) is 5.54 Å². The first kappa shape index (κ1) is 24.7. The van der Waals surface area contributed by atoms with E-state index in [1.807, 2.05) is 24.3 Å². The van der Waals surface area contributed by atoms with Crippen LogP contribution in [0.3, 0.4) is 0 Å². The molecule has 1 aromatic carbocycles. The number of rotatable bonds is 12. The third-order valence-electron chi connectivity index (χ3n) is 6.42. The van der Waals surface area contributed by atoms with Gasteiger partial charge >= 0.3 is 0 Å². The normalized spacial score (nSPS) is 17.7. The van der Waals surface area contributed by atoms with E-state index in [-0.39, 0.29) is 24.1 Å². The van der Waals surface area contributed by atoms with Crippen molar-refractivity contribution in [3.05, 3.63) is 35.4 Å². The first-order chi connectivity index (χ1) is 14.1. The second-order valence-corrected chi connectivity index (χ2v) is 8.89. The van der Waals surface area contributed by atoms with Crippen molar-refractivity contribution in [3.63, 3.8) is 0 Å². The van der Waals surface area contributed by atoms with Gasteiger partial charge in [0.1, 0.15) is 5.84 Å². The van der Waals surface area contributed by atoms with E-state index in [1.54, 1.807) is 0 Å². The molecule has 0 aliphatic heterocycles. The van der Waals surface area contributed by atoms with E-state index >= 15 is 0 Å². The van der Waals surface area contributed by atoms with Gasteiger partial charge in [0.15, 0.2) is 0 Å². The number of unbranched alkanes of at least 4 members (excludes halogenated alkanes) is 3. The Labute approximate surface area is 187 Å². The summed E-state index contributed by atoms with van der Waals surface area (Å²) in [5, 5.41) is 10.5. The smallest absolute Gasteiger partial charge is 0.252 e. The standard InChI is InChI=1S/C24H37N3O2.ClH/c25-23(26)24(15-16-24)27-22(28)21-13-11-19(12-14-21)8-4-1-2-7-17-29-18-20-9-5-3-6-10-20;/h11-14,20H,1-10,15-18H2,(H3,25,26)(H,27,28);1H. The molecule has 2 saturated carbocycles. The highest BCUT2D eigenvalue weighted by Gasteiger charge is 2.47. The van der Waals surface area contributed by atoms with Crippen molar-refractivity contribution in [3.8, 4) is 0 Å². The van der Waals surface area contributed by atoms with Crippen molar-refractivity contribution in [2.75, 3.05) is 13.2 Å². The lowest BCUT2D eigenvalue weighted by Gasteiger charge is -2.21. The highest BCUT2D eigenvalue weighted by Crippen LogP contribution is 2.35. The molecule has 1 aromatic rings. The third kappa shape index (κ3) is 7.59. The number of nitrogens with one attached hydrogen (secondary N) is 2. The van der Waals surface area contributed by atoms with Crippen LogP contribution in [0.2, 0.25) is 0 Å². The minimum absolute atomic E-state index is 0. The molecule has 0 bridgehead atoms. The summed E-state index contributed by atoms with van der Waals surface area (Å²) in [5.41, 5.74) is 6.90. The van der Waals surface area contributed by atoms with Gasteiger partial charge in [0.25, 0.3) is 5.91 Å². The molecule has 0 aromatic heterocycles. The lowest BCUT2D eigenvalue weighted by molar-refractivity contribution is 0.0824. The molecular weight excluding hydrogens is 398 g/mol. The quantitative estimate of drug-likeness (QED) is 0.245. The van der Waals surface area contributed by atoms with Gasteiger partial charge < -0.3 is 15.8 Å². The predicted molar refractivity (Wildman–Crippen MR) is 125 cm³/mol. The number of carbonyl (C=O) groups is 1. The molecule has 30 heavy (non-hydrogen) atoms. The number of ether oxygens (including phenoxy) is 1. The van der Waals surface area contributed by atoms with Crippen molar-refractivity contribution in [1.82, 2.24) is 5.32 Å². The maximum atomic E-state index is 12.3. The highest BCUT2D eigenvalue weighted by molar-refractivity contribution is 6.01. The number of halogens is 1. The van der Waals surface area contributed by atoms with Gasteiger partial charge in [-0.2, -0.15) is 0 Å². The molecule has 0 saturated heterocycles. The number of carbonyl (C=O) groups excluding carboxylic acids is 1. The molecule has 0 heterocycles. The molecule has 2 aliphatic carbocycles. The van der Waals surface area contributed by atoms with Crippen molar-refractivity contribution >= 4 is 24.1 Å². The van der Waals surface area contributed by atoms with Crippen LogP contribution in [-0.2, 0) is 11.2 Å². The van der Waals surface area contributed by atoms with E-state index in [9.17, 15) is 4.79 Å². The van der Waals surface area contributed by atoms with Gasteiger partial charge in [-0.15, -0.1) is 12.4 Å². The van der Waals surface area contributed by atoms with Crippen LogP contribution in [0.5, 0.6) is 0 Å². The van der Waals surface area contributed by atoms with Gasteiger partial charge in [-0.1, -0.05) is 44.2 Å². The van der Waals surface area contributed by atoms with Crippen LogP contribution in [0.25, 0.3) is 0 Å². The molecule has 168 valence electrons. The molecular formula is C24H38ClN3O2. The first-order valence-corrected chi connectivity index (χ1v) is 11.4. The van der Waals surface area contributed by atoms with Crippen LogP contribution in [0.4, 0.5) is 0 Å². The highest BCUT2D eigenvalue weighted by atomic mass is 35.5. The lowest BCUT2D eigenvalue weighted by Crippen LogP contribution is -2.46. The average molecular weight is 436 g/mol. The Morgan fingerprint density at radius 3 is 2.37 bits per heavy atom. The van der Waals surface area contributed by atoms with Crippen LogP contribution >= 0.6 is 12.4 Å². The lowest BCUT2D eigenvalue weighted by atomic mass is 9.90. The second kappa shape index (κ2) is 12.3. The molecule has 1 amide bonds. The SMILES string of the molecule is Cl.N=C(N)C1(NC(=O)c2ccc(CCCCCCOCC3CCCCC3)cc2)CC1. The van der Waals surface area contributed by atoms with E-state index < -0.39 is 5.54 Å². The Bertz CT molecular complexity index is 668. The molecule has 0 radical (unpaired) electrons. The van der Waals surface area contributed by atoms with E-state index in [0.717, 1.165) is 44.8 Å². The Hall–Kier alpha value is -1.59. The second-order valence-electron chi connectivity index (χ2n) is 8.89. The van der Waals surface area contributed by atoms with Crippen LogP contribution in [0.1, 0.15) is 86.6 Å². The molecule has 0 unspecified atom stereocenters. The zero-order valence-electron chi connectivity index (χ0n) is 18.1. The summed E-state index contributed by atoms with van der Waals surface area (Å²) in [4.78, 5) is 12.3. The molecule has 2 aliphatic rings. The average Bonchev–Trinajstić information content (AvgIpc) is 3.52. The number of benzene rings is 1. The largest absolute Gasteiger partial charge is 0.386 e. The zero-order chi connectivity index (χ0) is 20.5. The van der Waals surface area contributed by atoms with E-state index in [0.29, 0.717) is 5.56 Å². The number of amidine groups is 1. The maximum absolute atomic E-state index is 12.3. The Kier molecular flexibility index (Phi) is 10.1. The maximum Gasteiger partial charge on any atom is 0.252 e. The van der Waals surface area contributed by atoms with Gasteiger partial charge in [-0.3, -0.25) is 10.2 Å². The monoisotopic (exact) mass is 435 g/mol. The Balaban J connectivity index is 0.00000320. The van der Waals surface area contributed by atoms with Crippen LogP contribution in [-0.4, -0.2) is 30.5 Å². The van der Waals surface area contributed by atoms with E-state index in [2.05, 4.69) is 5.32 Å². The predicted octanol–water partition coefficient (Wildman–Crippen LogP) is 5.01. The van der Waals surface area contributed by atoms with E-state index in [4.69, 9.17) is 15.9 Å². The molecule has 0 spiro atoms. The fourth-order valence-corrected chi connectivity index (χ4v) is 4.19. The molecule has 2 fully saturated rings. The summed E-state index contributed by atoms with van der Waals surface area (Å²) in [6.45, 7) is 1.87. The number of amides is 1. The topological polar surface area (TPSA) is 88.2 Å². The number of aryl methyl sites for hydroxylation is 1. The minimum atomic E-state index is -0.587. The van der Waals surface area contributed by atoms with Gasteiger partial charge in [-0.25, -0.2) is 0 Å². The van der Waals surface area contributed by atoms with Gasteiger partial charge in [0, 0.05) is 18.8 Å². The van der Waals surface area contributed by atoms with Crippen molar-refractivity contribution in [1.29, 1.82) is 5.41 Å². The molecule has 5 nitrogen and oxygen atoms in total. The molecule has 0 atom stereocenters. The molecule has 6 heteroatoms. The van der Waals surface area contributed by atoms with Crippen molar-refractivity contribution < 1.29 is 9.53 Å². The molecule has 3 rings (SSSR count). The Morgan fingerprint density at radius 2 is 1.73 bits per heavy atom. The van der Waals surface area contributed by atoms with Gasteiger partial charge in [-0.05, 0) is 68.6 Å². The number of hydrogen-bond donors (Lipinski definition) is 3. The van der Waals surface area contributed by atoms with Gasteiger partial charge in [0.2, 0.25) is 0 Å². The number of hydrogen-bond acceptors (Lipinski definition) is 3. The fraction of sp³-hybridized carbons (Fsp3) is 0.667. The van der Waals surface area contributed by atoms with Crippen LogP contribution < -0.4 is 11.1 Å². The fourth-order valence-electron chi connectivity index (χ4n) is 4.19. The Morgan fingerprint density at radius 1 is 1.07 bits per heavy atom. The zero-order valence-corrected chi connectivity index (χ0v) is 18.9. The first-order valence-electron chi connectivity index (χ1n) is 11.4. The summed E-state index contributed by atoms with van der Waals surface area (Å²) in [7, 11) is 0. The molecule has 4 N–H and O–H groups in total. The van der Waals surface area contributed by atoms with Crippen molar-refractivity contribution in [2.45, 2.75) is 82.6 Å². The van der Waals surface area contributed by atoms with Crippen molar-refractivity contribution in [2.24, 2.45) is 11.7 Å².